The monoisotopic (exact) mass is 246 g/mol. The molecule has 0 radical (unpaired) electrons. The van der Waals surface area contributed by atoms with Gasteiger partial charge >= 0.3 is 0 Å². The molecule has 2 rings (SSSR count). The number of carbonyl (C=O) groups excluding carboxylic acids is 1. The number of carbonyl (C=O) groups is 1. The number of aryl methyl sites for hydroxylation is 1. The second kappa shape index (κ2) is 4.78. The summed E-state index contributed by atoms with van der Waals surface area (Å²) >= 11 is 0. The Morgan fingerprint density at radius 3 is 2.72 bits per heavy atom. The Morgan fingerprint density at radius 2 is 2.06 bits per heavy atom. The Kier molecular flexibility index (Phi) is 3.34. The van der Waals surface area contributed by atoms with Gasteiger partial charge in [0.15, 0.2) is 0 Å². The highest BCUT2D eigenvalue weighted by atomic mass is 16.2. The molecule has 0 saturated heterocycles. The molecule has 0 spiro atoms. The van der Waals surface area contributed by atoms with Gasteiger partial charge in [0.25, 0.3) is 0 Å². The van der Waals surface area contributed by atoms with Gasteiger partial charge in [-0.25, -0.2) is 10.8 Å². The van der Waals surface area contributed by atoms with Crippen LogP contribution < -0.4 is 11.3 Å². The third kappa shape index (κ3) is 1.97. The molecule has 0 aliphatic rings. The average molecular weight is 246 g/mol. The Hall–Kier alpha value is -1.88. The van der Waals surface area contributed by atoms with Gasteiger partial charge in [-0.2, -0.15) is 0 Å². The molecular formula is C13H18N4O. The topological polar surface area (TPSA) is 72.9 Å². The molecule has 2 aromatic rings. The highest BCUT2D eigenvalue weighted by Gasteiger charge is 2.23. The van der Waals surface area contributed by atoms with Crippen molar-refractivity contribution in [3.63, 3.8) is 0 Å². The molecule has 0 aliphatic carbocycles. The number of nitrogens with one attached hydrogen (secondary N) is 1. The van der Waals surface area contributed by atoms with E-state index in [0.717, 1.165) is 16.9 Å². The van der Waals surface area contributed by atoms with Gasteiger partial charge in [-0.3, -0.25) is 10.2 Å². The Bertz CT molecular complexity index is 575. The second-order valence-electron chi connectivity index (χ2n) is 4.56. The molecule has 3 N–H and O–H groups in total. The van der Waals surface area contributed by atoms with Gasteiger partial charge in [-0.15, -0.1) is 0 Å². The van der Waals surface area contributed by atoms with Gasteiger partial charge in [0.2, 0.25) is 5.91 Å². The average Bonchev–Trinajstić information content (AvgIpc) is 2.71. The predicted molar refractivity (Wildman–Crippen MR) is 70.7 cm³/mol. The molecule has 0 bridgehead atoms. The third-order valence-corrected chi connectivity index (χ3v) is 3.46. The van der Waals surface area contributed by atoms with Crippen LogP contribution >= 0.6 is 0 Å². The van der Waals surface area contributed by atoms with Crippen LogP contribution in [0.5, 0.6) is 0 Å². The number of hydrogen-bond donors (Lipinski definition) is 2. The quantitative estimate of drug-likeness (QED) is 0.490. The maximum Gasteiger partial charge on any atom is 0.238 e. The molecule has 5 nitrogen and oxygen atoms in total. The van der Waals surface area contributed by atoms with Crippen LogP contribution in [0.3, 0.4) is 0 Å². The van der Waals surface area contributed by atoms with Crippen molar-refractivity contribution < 1.29 is 4.79 Å². The molecular weight excluding hydrogens is 228 g/mol. The number of nitrogens with two attached hydrogens (primary N) is 1. The second-order valence-corrected chi connectivity index (χ2v) is 4.56. The minimum Gasteiger partial charge on any atom is -0.325 e. The largest absolute Gasteiger partial charge is 0.325 e. The van der Waals surface area contributed by atoms with E-state index in [0.29, 0.717) is 0 Å². The van der Waals surface area contributed by atoms with Gasteiger partial charge < -0.3 is 4.57 Å². The molecule has 5 heteroatoms. The number of hydrazine groups is 1. The van der Waals surface area contributed by atoms with Crippen LogP contribution in [0.25, 0.3) is 11.0 Å². The molecule has 2 atom stereocenters. The summed E-state index contributed by atoms with van der Waals surface area (Å²) in [6, 6.07) is 7.92. The minimum absolute atomic E-state index is 0.000880. The number of para-hydroxylation sites is 2. The zero-order valence-electron chi connectivity index (χ0n) is 10.8. The van der Waals surface area contributed by atoms with Crippen molar-refractivity contribution in [1.29, 1.82) is 0 Å². The molecule has 2 unspecified atom stereocenters. The fourth-order valence-electron chi connectivity index (χ4n) is 2.25. The van der Waals surface area contributed by atoms with Gasteiger partial charge in [0.05, 0.1) is 17.0 Å². The summed E-state index contributed by atoms with van der Waals surface area (Å²) in [6.45, 7) is 5.81. The predicted octanol–water partition coefficient (Wildman–Crippen LogP) is 1.53. The van der Waals surface area contributed by atoms with Crippen molar-refractivity contribution in [2.75, 3.05) is 0 Å². The van der Waals surface area contributed by atoms with Gasteiger partial charge in [-0.1, -0.05) is 19.1 Å². The van der Waals surface area contributed by atoms with Gasteiger partial charge in [0, 0.05) is 6.04 Å². The van der Waals surface area contributed by atoms with Crippen LogP contribution in [0.4, 0.5) is 0 Å². The Labute approximate surface area is 106 Å². The summed E-state index contributed by atoms with van der Waals surface area (Å²) in [5, 5.41) is 0. The van der Waals surface area contributed by atoms with E-state index in [9.17, 15) is 4.79 Å². The summed E-state index contributed by atoms with van der Waals surface area (Å²) in [6.07, 6.45) is 0. The molecule has 1 amide bonds. The number of benzene rings is 1. The van der Waals surface area contributed by atoms with E-state index in [4.69, 9.17) is 5.84 Å². The number of imidazole rings is 1. The number of hydrogen-bond acceptors (Lipinski definition) is 3. The Morgan fingerprint density at radius 1 is 1.39 bits per heavy atom. The van der Waals surface area contributed by atoms with E-state index >= 15 is 0 Å². The molecule has 1 heterocycles. The SMILES string of the molecule is Cc1nc2ccccc2n1C(C)C(C)C(=O)NN. The first-order valence-electron chi connectivity index (χ1n) is 6.00. The number of aromatic nitrogens is 2. The fourth-order valence-corrected chi connectivity index (χ4v) is 2.25. The first-order valence-corrected chi connectivity index (χ1v) is 6.00. The van der Waals surface area contributed by atoms with Crippen molar-refractivity contribution in [3.05, 3.63) is 30.1 Å². The van der Waals surface area contributed by atoms with Gasteiger partial charge in [-0.05, 0) is 26.0 Å². The van der Waals surface area contributed by atoms with Crippen LogP contribution in [-0.2, 0) is 4.79 Å². The van der Waals surface area contributed by atoms with E-state index in [1.165, 1.54) is 0 Å². The third-order valence-electron chi connectivity index (χ3n) is 3.46. The number of fused-ring (bicyclic) bond motifs is 1. The van der Waals surface area contributed by atoms with Crippen LogP contribution in [0.1, 0.15) is 25.7 Å². The molecule has 0 saturated carbocycles. The van der Waals surface area contributed by atoms with Crippen molar-refractivity contribution in [2.45, 2.75) is 26.8 Å². The van der Waals surface area contributed by atoms with Crippen LogP contribution in [0.2, 0.25) is 0 Å². The molecule has 1 aromatic heterocycles. The van der Waals surface area contributed by atoms with E-state index in [1.807, 2.05) is 45.0 Å². The highest BCUT2D eigenvalue weighted by Crippen LogP contribution is 2.25. The first kappa shape index (κ1) is 12.6. The molecule has 1 aromatic carbocycles. The lowest BCUT2D eigenvalue weighted by atomic mass is 10.0. The van der Waals surface area contributed by atoms with Crippen LogP contribution in [0, 0.1) is 12.8 Å². The normalized spacial score (nSPS) is 14.4. The van der Waals surface area contributed by atoms with Crippen LogP contribution in [-0.4, -0.2) is 15.5 Å². The first-order chi connectivity index (χ1) is 8.56. The molecule has 18 heavy (non-hydrogen) atoms. The standard InChI is InChI=1S/C13H18N4O/c1-8(13(18)16-14)9(2)17-10(3)15-11-6-4-5-7-12(11)17/h4-9H,14H2,1-3H3,(H,16,18). The smallest absolute Gasteiger partial charge is 0.238 e. The van der Waals surface area contributed by atoms with Crippen molar-refractivity contribution in [1.82, 2.24) is 15.0 Å². The van der Waals surface area contributed by atoms with Crippen molar-refractivity contribution in [2.24, 2.45) is 11.8 Å². The zero-order valence-corrected chi connectivity index (χ0v) is 10.8. The minimum atomic E-state index is -0.216. The number of rotatable bonds is 3. The van der Waals surface area contributed by atoms with E-state index in [1.54, 1.807) is 0 Å². The summed E-state index contributed by atoms with van der Waals surface area (Å²) in [4.78, 5) is 16.1. The zero-order chi connectivity index (χ0) is 13.3. The Balaban J connectivity index is 2.47. The summed E-state index contributed by atoms with van der Waals surface area (Å²) in [7, 11) is 0. The molecule has 0 fully saturated rings. The highest BCUT2D eigenvalue weighted by molar-refractivity contribution is 5.79. The lowest BCUT2D eigenvalue weighted by Crippen LogP contribution is -2.38. The van der Waals surface area contributed by atoms with E-state index in [2.05, 4.69) is 15.0 Å². The van der Waals surface area contributed by atoms with E-state index in [-0.39, 0.29) is 17.9 Å². The number of amides is 1. The van der Waals surface area contributed by atoms with Crippen molar-refractivity contribution in [3.8, 4) is 0 Å². The summed E-state index contributed by atoms with van der Waals surface area (Å²) < 4.78 is 2.08. The number of nitrogens with zero attached hydrogens (tertiary/aromatic N) is 2. The van der Waals surface area contributed by atoms with Crippen LogP contribution in [0.15, 0.2) is 24.3 Å². The van der Waals surface area contributed by atoms with Gasteiger partial charge in [0.1, 0.15) is 5.82 Å². The molecule has 96 valence electrons. The lowest BCUT2D eigenvalue weighted by Gasteiger charge is -2.22. The lowest BCUT2D eigenvalue weighted by molar-refractivity contribution is -0.125. The fraction of sp³-hybridized carbons (Fsp3) is 0.385. The maximum atomic E-state index is 11.6. The van der Waals surface area contributed by atoms with E-state index < -0.39 is 0 Å². The summed E-state index contributed by atoms with van der Waals surface area (Å²) in [5.41, 5.74) is 4.19. The maximum absolute atomic E-state index is 11.6. The van der Waals surface area contributed by atoms with Crippen molar-refractivity contribution >= 4 is 16.9 Å². The molecule has 0 aliphatic heterocycles. The summed E-state index contributed by atoms with van der Waals surface area (Å²) in [5.74, 6) is 5.71.